The Balaban J connectivity index is 1.45. The number of nitrogens with one attached hydrogen (secondary N) is 2. The minimum absolute atomic E-state index is 0.200. The molecule has 2 fully saturated rings. The summed E-state index contributed by atoms with van der Waals surface area (Å²) < 4.78 is 10.9. The fourth-order valence-corrected chi connectivity index (χ4v) is 5.12. The normalized spacial score (nSPS) is 18.2. The van der Waals surface area contributed by atoms with Crippen molar-refractivity contribution in [1.29, 1.82) is 0 Å². The zero-order valence-electron chi connectivity index (χ0n) is 21.0. The summed E-state index contributed by atoms with van der Waals surface area (Å²) in [7, 11) is 5.70. The summed E-state index contributed by atoms with van der Waals surface area (Å²) in [4.78, 5) is 36.3. The summed E-state index contributed by atoms with van der Waals surface area (Å²) in [6.07, 6.45) is 2.27. The average molecular weight is 492 g/mol. The third-order valence-electron chi connectivity index (χ3n) is 7.00. The number of aromatic amines is 1. The molecule has 5 rings (SSSR count). The van der Waals surface area contributed by atoms with Crippen LogP contribution in [0.2, 0.25) is 0 Å². The molecule has 2 aliphatic rings. The minimum Gasteiger partial charge on any atom is -0.497 e. The number of hydrogen-bond donors (Lipinski definition) is 2. The molecule has 2 aliphatic heterocycles. The van der Waals surface area contributed by atoms with Gasteiger partial charge >= 0.3 is 0 Å². The number of hydrogen-bond acceptors (Lipinski definition) is 7. The van der Waals surface area contributed by atoms with E-state index in [9.17, 15) is 9.59 Å². The largest absolute Gasteiger partial charge is 0.497 e. The molecule has 0 radical (unpaired) electrons. The van der Waals surface area contributed by atoms with Gasteiger partial charge < -0.3 is 29.6 Å². The van der Waals surface area contributed by atoms with Gasteiger partial charge in [0.2, 0.25) is 0 Å². The fraction of sp³-hybridized carbons (Fsp3) is 0.407. The predicted molar refractivity (Wildman–Crippen MR) is 143 cm³/mol. The summed E-state index contributed by atoms with van der Waals surface area (Å²) >= 11 is 0. The summed E-state index contributed by atoms with van der Waals surface area (Å²) in [6.45, 7) is 3.99. The zero-order valence-corrected chi connectivity index (χ0v) is 21.0. The highest BCUT2D eigenvalue weighted by Gasteiger charge is 2.29. The van der Waals surface area contributed by atoms with Crippen LogP contribution in [-0.4, -0.2) is 76.0 Å². The molecule has 1 amide bonds. The van der Waals surface area contributed by atoms with Crippen molar-refractivity contribution in [1.82, 2.24) is 9.88 Å². The maximum Gasteiger partial charge on any atom is 0.272 e. The lowest BCUT2D eigenvalue weighted by molar-refractivity contribution is 0.102. The van der Waals surface area contributed by atoms with Gasteiger partial charge in [-0.25, -0.2) is 0 Å². The van der Waals surface area contributed by atoms with E-state index in [-0.39, 0.29) is 23.2 Å². The van der Waals surface area contributed by atoms with Crippen molar-refractivity contribution in [3.8, 4) is 5.75 Å². The molecule has 2 aromatic carbocycles. The molecule has 0 bridgehead atoms. The number of H-pyrrole nitrogens is 1. The van der Waals surface area contributed by atoms with E-state index in [0.29, 0.717) is 35.6 Å². The second-order valence-corrected chi connectivity index (χ2v) is 9.50. The number of benzene rings is 2. The molecule has 0 unspecified atom stereocenters. The molecule has 0 aliphatic carbocycles. The number of carbonyl (C=O) groups excluding carboxylic acids is 1. The van der Waals surface area contributed by atoms with Gasteiger partial charge in [-0.05, 0) is 57.3 Å². The number of pyridine rings is 1. The minimum atomic E-state index is -0.361. The lowest BCUT2D eigenvalue weighted by atomic mass is 10.1. The molecule has 36 heavy (non-hydrogen) atoms. The Hall–Kier alpha value is -3.56. The number of amides is 1. The number of carbonyl (C=O) groups is 1. The summed E-state index contributed by atoms with van der Waals surface area (Å²) in [6, 6.07) is 12.8. The number of fused-ring (bicyclic) bond motifs is 1. The van der Waals surface area contributed by atoms with Crippen molar-refractivity contribution in [2.24, 2.45) is 0 Å². The smallest absolute Gasteiger partial charge is 0.272 e. The SMILES string of the molecule is COc1cc(N2CCC[C@@H]2N(C)C)c2[nH]c(C(=O)Nc3ccc(N4CCOCC4)cc3)cc(=O)c2c1. The molecular formula is C27H33N5O4. The van der Waals surface area contributed by atoms with Crippen LogP contribution in [0.1, 0.15) is 23.3 Å². The lowest BCUT2D eigenvalue weighted by Crippen LogP contribution is -2.40. The molecule has 2 saturated heterocycles. The van der Waals surface area contributed by atoms with Crippen LogP contribution in [0.25, 0.3) is 10.9 Å². The van der Waals surface area contributed by atoms with Crippen LogP contribution >= 0.6 is 0 Å². The van der Waals surface area contributed by atoms with Crippen LogP contribution in [0, 0.1) is 0 Å². The molecule has 190 valence electrons. The highest BCUT2D eigenvalue weighted by Crippen LogP contribution is 2.34. The number of nitrogens with zero attached hydrogens (tertiary/aromatic N) is 3. The first-order valence-electron chi connectivity index (χ1n) is 12.4. The lowest BCUT2D eigenvalue weighted by Gasteiger charge is -2.32. The number of aromatic nitrogens is 1. The Morgan fingerprint density at radius 3 is 2.56 bits per heavy atom. The van der Waals surface area contributed by atoms with Crippen molar-refractivity contribution in [3.05, 3.63) is 58.4 Å². The van der Waals surface area contributed by atoms with Gasteiger partial charge in [0.05, 0.1) is 43.1 Å². The molecule has 0 spiro atoms. The molecule has 1 atom stereocenters. The third kappa shape index (κ3) is 4.76. The molecule has 3 aromatic rings. The van der Waals surface area contributed by atoms with Gasteiger partial charge in [0.25, 0.3) is 5.91 Å². The van der Waals surface area contributed by atoms with Gasteiger partial charge in [-0.1, -0.05) is 0 Å². The van der Waals surface area contributed by atoms with E-state index < -0.39 is 0 Å². The first kappa shape index (κ1) is 24.1. The topological polar surface area (TPSA) is 90.1 Å². The van der Waals surface area contributed by atoms with E-state index in [2.05, 4.69) is 39.1 Å². The van der Waals surface area contributed by atoms with Gasteiger partial charge in [0, 0.05) is 43.1 Å². The van der Waals surface area contributed by atoms with Crippen molar-refractivity contribution < 1.29 is 14.3 Å². The number of morpholine rings is 1. The number of ether oxygens (including phenoxy) is 2. The second-order valence-electron chi connectivity index (χ2n) is 9.50. The van der Waals surface area contributed by atoms with Crippen LogP contribution in [0.15, 0.2) is 47.3 Å². The molecule has 9 heteroatoms. The summed E-state index contributed by atoms with van der Waals surface area (Å²) in [5.41, 5.74) is 3.26. The Morgan fingerprint density at radius 1 is 1.11 bits per heavy atom. The third-order valence-corrected chi connectivity index (χ3v) is 7.00. The van der Waals surface area contributed by atoms with Crippen molar-refractivity contribution in [3.63, 3.8) is 0 Å². The second kappa shape index (κ2) is 10.2. The average Bonchev–Trinajstić information content (AvgIpc) is 3.39. The van der Waals surface area contributed by atoms with Crippen LogP contribution < -0.4 is 25.3 Å². The predicted octanol–water partition coefficient (Wildman–Crippen LogP) is 3.11. The van der Waals surface area contributed by atoms with Crippen LogP contribution in [0.3, 0.4) is 0 Å². The molecular weight excluding hydrogens is 458 g/mol. The maximum absolute atomic E-state index is 13.2. The highest BCUT2D eigenvalue weighted by atomic mass is 16.5. The van der Waals surface area contributed by atoms with Crippen LogP contribution in [0.5, 0.6) is 5.75 Å². The monoisotopic (exact) mass is 491 g/mol. The number of methoxy groups -OCH3 is 1. The van der Waals surface area contributed by atoms with Crippen molar-refractivity contribution in [2.75, 3.05) is 69.2 Å². The van der Waals surface area contributed by atoms with E-state index in [1.165, 1.54) is 6.07 Å². The van der Waals surface area contributed by atoms with E-state index in [4.69, 9.17) is 9.47 Å². The zero-order chi connectivity index (χ0) is 25.2. The molecule has 1 aromatic heterocycles. The van der Waals surface area contributed by atoms with Gasteiger partial charge in [-0.3, -0.25) is 14.5 Å². The van der Waals surface area contributed by atoms with E-state index >= 15 is 0 Å². The molecule has 9 nitrogen and oxygen atoms in total. The first-order valence-corrected chi connectivity index (χ1v) is 12.4. The van der Waals surface area contributed by atoms with Gasteiger partial charge in [0.1, 0.15) is 11.4 Å². The van der Waals surface area contributed by atoms with Gasteiger partial charge in [-0.2, -0.15) is 0 Å². The first-order chi connectivity index (χ1) is 17.4. The van der Waals surface area contributed by atoms with Crippen molar-refractivity contribution in [2.45, 2.75) is 19.0 Å². The van der Waals surface area contributed by atoms with Gasteiger partial charge in [-0.15, -0.1) is 0 Å². The van der Waals surface area contributed by atoms with E-state index in [1.807, 2.05) is 30.3 Å². The molecule has 0 saturated carbocycles. The Kier molecular flexibility index (Phi) is 6.84. The van der Waals surface area contributed by atoms with E-state index in [0.717, 1.165) is 43.9 Å². The van der Waals surface area contributed by atoms with Crippen LogP contribution in [-0.2, 0) is 4.74 Å². The maximum atomic E-state index is 13.2. The highest BCUT2D eigenvalue weighted by molar-refractivity contribution is 6.05. The standard InChI is InChI=1S/C27H33N5O4/c1-30(2)25-5-4-10-32(25)23-16-20(35-3)15-21-24(33)17-22(29-26(21)23)27(34)28-18-6-8-19(9-7-18)31-11-13-36-14-12-31/h6-9,15-17,25H,4-5,10-14H2,1-3H3,(H,28,34)(H,29,33)/t25-/m1/s1. The number of anilines is 3. The summed E-state index contributed by atoms with van der Waals surface area (Å²) in [5.74, 6) is 0.255. The van der Waals surface area contributed by atoms with Crippen molar-refractivity contribution >= 4 is 33.9 Å². The number of rotatable bonds is 6. The van der Waals surface area contributed by atoms with E-state index in [1.54, 1.807) is 13.2 Å². The Bertz CT molecular complexity index is 1300. The quantitative estimate of drug-likeness (QED) is 0.548. The Morgan fingerprint density at radius 2 is 1.86 bits per heavy atom. The Labute approximate surface area is 210 Å². The fourth-order valence-electron chi connectivity index (χ4n) is 5.12. The van der Waals surface area contributed by atoms with Gasteiger partial charge in [0.15, 0.2) is 5.43 Å². The van der Waals surface area contributed by atoms with Crippen LogP contribution in [0.4, 0.5) is 17.1 Å². The summed E-state index contributed by atoms with van der Waals surface area (Å²) in [5, 5.41) is 3.42. The molecule has 2 N–H and O–H groups in total. The molecule has 3 heterocycles.